The highest BCUT2D eigenvalue weighted by Crippen LogP contribution is 2.33. The van der Waals surface area contributed by atoms with Gasteiger partial charge in [0.1, 0.15) is 17.7 Å². The second kappa shape index (κ2) is 7.13. The van der Waals surface area contributed by atoms with Crippen LogP contribution >= 0.6 is 0 Å². The number of benzene rings is 1. The van der Waals surface area contributed by atoms with Crippen LogP contribution in [0.5, 0.6) is 0 Å². The van der Waals surface area contributed by atoms with Gasteiger partial charge in [-0.3, -0.25) is 4.79 Å². The number of amides is 1. The van der Waals surface area contributed by atoms with Crippen molar-refractivity contribution in [3.63, 3.8) is 0 Å². The Balaban J connectivity index is 1.39. The molecule has 142 valence electrons. The molecule has 1 aromatic heterocycles. The van der Waals surface area contributed by atoms with Gasteiger partial charge in [-0.1, -0.05) is 24.3 Å². The van der Waals surface area contributed by atoms with Gasteiger partial charge in [-0.25, -0.2) is 4.79 Å². The molecule has 7 heteroatoms. The fraction of sp³-hybridized carbons (Fsp3) is 0.500. The summed E-state index contributed by atoms with van der Waals surface area (Å²) in [5, 5.41) is 8.07. The molecule has 0 fully saturated rings. The summed E-state index contributed by atoms with van der Waals surface area (Å²) in [4.78, 5) is 26.9. The quantitative estimate of drug-likeness (QED) is 0.773. The highest BCUT2D eigenvalue weighted by molar-refractivity contribution is 5.82. The summed E-state index contributed by atoms with van der Waals surface area (Å²) in [5.74, 6) is 0.939. The van der Waals surface area contributed by atoms with Crippen LogP contribution in [-0.4, -0.2) is 45.2 Å². The number of hydrogen-bond donors (Lipinski definition) is 0. The van der Waals surface area contributed by atoms with E-state index in [-0.39, 0.29) is 24.5 Å². The van der Waals surface area contributed by atoms with Crippen molar-refractivity contribution in [1.82, 2.24) is 19.7 Å². The number of esters is 1. The molecule has 1 aromatic carbocycles. The predicted octanol–water partition coefficient (Wildman–Crippen LogP) is 2.15. The van der Waals surface area contributed by atoms with Crippen LogP contribution in [0.3, 0.4) is 0 Å². The first-order valence-corrected chi connectivity index (χ1v) is 9.46. The maximum atomic E-state index is 12.7. The van der Waals surface area contributed by atoms with Crippen molar-refractivity contribution >= 4 is 11.9 Å². The Kier molecular flexibility index (Phi) is 4.68. The van der Waals surface area contributed by atoms with Gasteiger partial charge < -0.3 is 14.2 Å². The monoisotopic (exact) mass is 368 g/mol. The predicted molar refractivity (Wildman–Crippen MR) is 98.0 cm³/mol. The normalized spacial score (nSPS) is 20.7. The number of carbonyl (C=O) groups is 2. The van der Waals surface area contributed by atoms with Crippen LogP contribution < -0.4 is 0 Å². The summed E-state index contributed by atoms with van der Waals surface area (Å²) in [6.07, 6.45) is 4.37. The zero-order valence-corrected chi connectivity index (χ0v) is 15.7. The van der Waals surface area contributed by atoms with Crippen molar-refractivity contribution in [2.24, 2.45) is 0 Å². The molecule has 2 atom stereocenters. The van der Waals surface area contributed by atoms with E-state index in [1.54, 1.807) is 11.9 Å². The van der Waals surface area contributed by atoms with Crippen molar-refractivity contribution in [2.45, 2.75) is 51.1 Å². The molecule has 1 amide bonds. The first kappa shape index (κ1) is 17.7. The lowest BCUT2D eigenvalue weighted by Gasteiger charge is -2.33. The summed E-state index contributed by atoms with van der Waals surface area (Å²) in [6, 6.07) is 7.87. The van der Waals surface area contributed by atoms with E-state index in [9.17, 15) is 9.59 Å². The first-order chi connectivity index (χ1) is 13.1. The molecule has 0 N–H and O–H groups in total. The number of ether oxygens (including phenoxy) is 1. The van der Waals surface area contributed by atoms with Gasteiger partial charge >= 0.3 is 5.97 Å². The average Bonchev–Trinajstić information content (AvgIpc) is 3.28. The Hall–Kier alpha value is -2.70. The number of rotatable bonds is 4. The molecule has 0 radical (unpaired) electrons. The third-order valence-corrected chi connectivity index (χ3v) is 5.70. The van der Waals surface area contributed by atoms with Crippen molar-refractivity contribution in [3.05, 3.63) is 47.0 Å². The van der Waals surface area contributed by atoms with Crippen LogP contribution in [0.15, 0.2) is 24.3 Å². The molecule has 0 saturated heterocycles. The van der Waals surface area contributed by atoms with E-state index in [0.717, 1.165) is 25.1 Å². The van der Waals surface area contributed by atoms with E-state index in [0.29, 0.717) is 18.7 Å². The Labute approximate surface area is 158 Å². The van der Waals surface area contributed by atoms with Crippen LogP contribution in [0.25, 0.3) is 0 Å². The highest BCUT2D eigenvalue weighted by Gasteiger charge is 2.33. The fourth-order valence-electron chi connectivity index (χ4n) is 4.24. The Bertz CT molecular complexity index is 876. The summed E-state index contributed by atoms with van der Waals surface area (Å²) >= 11 is 0. The second-order valence-corrected chi connectivity index (χ2v) is 7.31. The topological polar surface area (TPSA) is 77.3 Å². The van der Waals surface area contributed by atoms with Gasteiger partial charge in [-0.05, 0) is 43.7 Å². The third kappa shape index (κ3) is 3.22. The summed E-state index contributed by atoms with van der Waals surface area (Å²) in [5.41, 5.74) is 2.50. The summed E-state index contributed by atoms with van der Waals surface area (Å²) < 4.78 is 7.18. The van der Waals surface area contributed by atoms with Gasteiger partial charge in [-0.2, -0.15) is 0 Å². The third-order valence-electron chi connectivity index (χ3n) is 5.70. The maximum Gasteiger partial charge on any atom is 0.329 e. The summed E-state index contributed by atoms with van der Waals surface area (Å²) in [6.45, 7) is 1.59. The number of likely N-dealkylation sites (N-methyl/N-ethyl adjacent to an activating group) is 1. The standard InChI is InChI=1S/C20H24N4O3/c1-13-21-22-18-11-10-17(24(13)18)20(26)27-12-19(25)23(2)16-9-5-7-14-6-3-4-8-15(14)16/h3-4,6,8,16-17H,5,7,9-12H2,1-2H3. The van der Waals surface area contributed by atoms with E-state index < -0.39 is 6.04 Å². The molecular weight excluding hydrogens is 344 g/mol. The number of aryl methyl sites for hydroxylation is 3. The smallest absolute Gasteiger partial charge is 0.329 e. The SMILES string of the molecule is Cc1nnc2n1C(C(=O)OCC(=O)N(C)C1CCCc3ccccc31)CC2. The molecule has 2 aliphatic rings. The molecule has 0 spiro atoms. The van der Waals surface area contributed by atoms with Crippen LogP contribution in [0, 0.1) is 6.92 Å². The Morgan fingerprint density at radius 1 is 1.22 bits per heavy atom. The highest BCUT2D eigenvalue weighted by atomic mass is 16.5. The Morgan fingerprint density at radius 3 is 2.89 bits per heavy atom. The molecule has 1 aliphatic heterocycles. The molecule has 0 saturated carbocycles. The molecule has 2 aromatic rings. The van der Waals surface area contributed by atoms with Crippen LogP contribution in [0.1, 0.15) is 54.1 Å². The number of carbonyl (C=O) groups excluding carboxylic acids is 2. The lowest BCUT2D eigenvalue weighted by Crippen LogP contribution is -2.36. The lowest BCUT2D eigenvalue weighted by molar-refractivity contribution is -0.155. The average molecular weight is 368 g/mol. The molecule has 1 aliphatic carbocycles. The molecule has 2 heterocycles. The minimum atomic E-state index is -0.427. The minimum absolute atomic E-state index is 0.0410. The maximum absolute atomic E-state index is 12.7. The van der Waals surface area contributed by atoms with E-state index in [1.165, 1.54) is 11.1 Å². The van der Waals surface area contributed by atoms with E-state index >= 15 is 0 Å². The largest absolute Gasteiger partial charge is 0.454 e. The number of fused-ring (bicyclic) bond motifs is 2. The van der Waals surface area contributed by atoms with Crippen LogP contribution in [-0.2, 0) is 27.2 Å². The van der Waals surface area contributed by atoms with Crippen LogP contribution in [0.4, 0.5) is 0 Å². The molecule has 0 bridgehead atoms. The zero-order chi connectivity index (χ0) is 19.0. The molecule has 2 unspecified atom stereocenters. The number of aromatic nitrogens is 3. The molecule has 7 nitrogen and oxygen atoms in total. The van der Waals surface area contributed by atoms with Crippen molar-refractivity contribution in [1.29, 1.82) is 0 Å². The van der Waals surface area contributed by atoms with E-state index in [4.69, 9.17) is 4.74 Å². The van der Waals surface area contributed by atoms with E-state index in [1.807, 2.05) is 23.6 Å². The van der Waals surface area contributed by atoms with Gasteiger partial charge in [0.05, 0.1) is 6.04 Å². The van der Waals surface area contributed by atoms with Gasteiger partial charge in [0, 0.05) is 13.5 Å². The first-order valence-electron chi connectivity index (χ1n) is 9.46. The van der Waals surface area contributed by atoms with Gasteiger partial charge in [0.15, 0.2) is 6.61 Å². The fourth-order valence-corrected chi connectivity index (χ4v) is 4.24. The summed E-state index contributed by atoms with van der Waals surface area (Å²) in [7, 11) is 1.79. The van der Waals surface area contributed by atoms with Gasteiger partial charge in [-0.15, -0.1) is 10.2 Å². The molecular formula is C20H24N4O3. The van der Waals surface area contributed by atoms with Crippen molar-refractivity contribution < 1.29 is 14.3 Å². The number of hydrogen-bond acceptors (Lipinski definition) is 5. The Morgan fingerprint density at radius 2 is 2.04 bits per heavy atom. The number of nitrogens with zero attached hydrogens (tertiary/aromatic N) is 4. The van der Waals surface area contributed by atoms with Crippen molar-refractivity contribution in [2.75, 3.05) is 13.7 Å². The molecule has 27 heavy (non-hydrogen) atoms. The zero-order valence-electron chi connectivity index (χ0n) is 15.7. The van der Waals surface area contributed by atoms with Gasteiger partial charge in [0.25, 0.3) is 5.91 Å². The van der Waals surface area contributed by atoms with Crippen LogP contribution in [0.2, 0.25) is 0 Å². The lowest BCUT2D eigenvalue weighted by atomic mass is 9.87. The van der Waals surface area contributed by atoms with E-state index in [2.05, 4.69) is 22.3 Å². The van der Waals surface area contributed by atoms with Crippen molar-refractivity contribution in [3.8, 4) is 0 Å². The van der Waals surface area contributed by atoms with Gasteiger partial charge in [0.2, 0.25) is 0 Å². The molecule has 4 rings (SSSR count). The minimum Gasteiger partial charge on any atom is -0.454 e. The second-order valence-electron chi connectivity index (χ2n) is 7.31.